The van der Waals surface area contributed by atoms with Gasteiger partial charge >= 0.3 is 11.9 Å². The predicted molar refractivity (Wildman–Crippen MR) is 84.2 cm³/mol. The Balaban J connectivity index is 4.76. The molecule has 13 nitrogen and oxygen atoms in total. The minimum absolute atomic E-state index is 0.621. The summed E-state index contributed by atoms with van der Waals surface area (Å²) in [5.74, 6) is -6.35. The third kappa shape index (κ3) is 9.17. The Kier molecular flexibility index (Phi) is 9.29. The Hall–Kier alpha value is -3.22. The summed E-state index contributed by atoms with van der Waals surface area (Å²) in [5, 5.41) is 23.5. The highest BCUT2D eigenvalue weighted by atomic mass is 16.4. The molecule has 0 spiro atoms. The molecule has 4 amide bonds. The second-order valence-electron chi connectivity index (χ2n) is 5.28. The molecular weight excluding hydrogens is 354 g/mol. The third-order valence-corrected chi connectivity index (χ3v) is 2.94. The molecule has 0 aliphatic rings. The Bertz CT molecular complexity index is 593. The van der Waals surface area contributed by atoms with Gasteiger partial charge in [0.15, 0.2) is 0 Å². The van der Waals surface area contributed by atoms with Gasteiger partial charge in [0.05, 0.1) is 25.4 Å². The number of hydrogen-bond acceptors (Lipinski definition) is 7. The van der Waals surface area contributed by atoms with Gasteiger partial charge in [-0.15, -0.1) is 0 Å². The largest absolute Gasteiger partial charge is 0.481 e. The van der Waals surface area contributed by atoms with Crippen LogP contribution in [-0.2, 0) is 28.8 Å². The lowest BCUT2D eigenvalue weighted by Gasteiger charge is -2.19. The Morgan fingerprint density at radius 2 is 1.54 bits per heavy atom. The summed E-state index contributed by atoms with van der Waals surface area (Å²) in [6, 6.07) is -4.13. The highest BCUT2D eigenvalue weighted by molar-refractivity contribution is 5.95. The van der Waals surface area contributed by atoms with Crippen molar-refractivity contribution in [3.05, 3.63) is 0 Å². The zero-order valence-corrected chi connectivity index (χ0v) is 13.9. The van der Waals surface area contributed by atoms with E-state index in [2.05, 4.69) is 16.0 Å². The molecule has 146 valence electrons. The first-order chi connectivity index (χ1) is 11.9. The fourth-order valence-electron chi connectivity index (χ4n) is 1.61. The zero-order valence-electron chi connectivity index (χ0n) is 13.9. The standard InChI is InChI=1S/C13H21N5O8/c1-5(13(25)26)17-9(20)4-16-12(24)7(3-8(15)19)18-11(23)6(14)2-10(21)22/h5-7H,2-4,14H2,1H3,(H2,15,19)(H,16,24)(H,17,20)(H,18,23)(H,21,22)(H,25,26). The van der Waals surface area contributed by atoms with E-state index in [1.165, 1.54) is 6.92 Å². The minimum Gasteiger partial charge on any atom is -0.481 e. The number of carboxylic acids is 2. The number of hydrogen-bond donors (Lipinski definition) is 7. The van der Waals surface area contributed by atoms with E-state index in [9.17, 15) is 28.8 Å². The first-order valence-corrected chi connectivity index (χ1v) is 7.30. The number of carboxylic acid groups (broad SMARTS) is 2. The fraction of sp³-hybridized carbons (Fsp3) is 0.538. The van der Waals surface area contributed by atoms with Gasteiger partial charge in [0.25, 0.3) is 0 Å². The number of amides is 4. The summed E-state index contributed by atoms with van der Waals surface area (Å²) >= 11 is 0. The van der Waals surface area contributed by atoms with Crippen molar-refractivity contribution in [2.45, 2.75) is 37.9 Å². The summed E-state index contributed by atoms with van der Waals surface area (Å²) in [6.45, 7) is 0.588. The quantitative estimate of drug-likeness (QED) is 0.185. The number of nitrogens with one attached hydrogen (secondary N) is 3. The number of rotatable bonds is 11. The summed E-state index contributed by atoms with van der Waals surface area (Å²) in [7, 11) is 0. The molecule has 0 aliphatic carbocycles. The number of nitrogens with two attached hydrogens (primary N) is 2. The molecule has 3 unspecified atom stereocenters. The van der Waals surface area contributed by atoms with E-state index in [0.717, 1.165) is 0 Å². The van der Waals surface area contributed by atoms with E-state index in [0.29, 0.717) is 0 Å². The third-order valence-electron chi connectivity index (χ3n) is 2.94. The molecule has 0 heterocycles. The Labute approximate surface area is 147 Å². The molecule has 0 fully saturated rings. The van der Waals surface area contributed by atoms with E-state index in [1.807, 2.05) is 0 Å². The Morgan fingerprint density at radius 3 is 2.00 bits per heavy atom. The van der Waals surface area contributed by atoms with Crippen molar-refractivity contribution in [3.8, 4) is 0 Å². The molecule has 13 heteroatoms. The molecule has 3 atom stereocenters. The van der Waals surface area contributed by atoms with E-state index in [1.54, 1.807) is 0 Å². The van der Waals surface area contributed by atoms with Crippen LogP contribution >= 0.6 is 0 Å². The molecule has 0 aliphatic heterocycles. The zero-order chi connectivity index (χ0) is 20.4. The van der Waals surface area contributed by atoms with Crippen LogP contribution in [0, 0.1) is 0 Å². The van der Waals surface area contributed by atoms with Crippen LogP contribution in [0.1, 0.15) is 19.8 Å². The molecular formula is C13H21N5O8. The van der Waals surface area contributed by atoms with Gasteiger partial charge in [0.2, 0.25) is 23.6 Å². The van der Waals surface area contributed by atoms with Crippen LogP contribution in [0.2, 0.25) is 0 Å². The molecule has 0 aromatic carbocycles. The SMILES string of the molecule is CC(NC(=O)CNC(=O)C(CC(N)=O)NC(=O)C(N)CC(=O)O)C(=O)O. The average molecular weight is 375 g/mol. The van der Waals surface area contributed by atoms with Gasteiger partial charge in [-0.25, -0.2) is 0 Å². The summed E-state index contributed by atoms with van der Waals surface area (Å²) in [5.41, 5.74) is 10.3. The summed E-state index contributed by atoms with van der Waals surface area (Å²) in [4.78, 5) is 67.4. The smallest absolute Gasteiger partial charge is 0.325 e. The lowest BCUT2D eigenvalue weighted by Crippen LogP contribution is -2.54. The van der Waals surface area contributed by atoms with Crippen molar-refractivity contribution >= 4 is 35.6 Å². The second kappa shape index (κ2) is 10.6. The molecule has 0 bridgehead atoms. The molecule has 0 rings (SSSR count). The first-order valence-electron chi connectivity index (χ1n) is 7.30. The van der Waals surface area contributed by atoms with Gasteiger partial charge in [-0.05, 0) is 6.92 Å². The van der Waals surface area contributed by atoms with Gasteiger partial charge in [0, 0.05) is 0 Å². The van der Waals surface area contributed by atoms with Crippen LogP contribution in [0.25, 0.3) is 0 Å². The lowest BCUT2D eigenvalue weighted by atomic mass is 10.1. The summed E-state index contributed by atoms with van der Waals surface area (Å²) in [6.07, 6.45) is -1.32. The molecule has 26 heavy (non-hydrogen) atoms. The van der Waals surface area contributed by atoms with Crippen LogP contribution in [0.4, 0.5) is 0 Å². The van der Waals surface area contributed by atoms with Crippen LogP contribution in [0.5, 0.6) is 0 Å². The number of carbonyl (C=O) groups is 6. The average Bonchev–Trinajstić information content (AvgIpc) is 2.50. The van der Waals surface area contributed by atoms with E-state index in [4.69, 9.17) is 21.7 Å². The van der Waals surface area contributed by atoms with Crippen molar-refractivity contribution in [3.63, 3.8) is 0 Å². The van der Waals surface area contributed by atoms with Gasteiger partial charge in [-0.3, -0.25) is 28.8 Å². The maximum Gasteiger partial charge on any atom is 0.325 e. The molecule has 0 aromatic rings. The number of aliphatic carboxylic acids is 2. The van der Waals surface area contributed by atoms with Crippen molar-refractivity contribution < 1.29 is 39.0 Å². The van der Waals surface area contributed by atoms with Gasteiger partial charge < -0.3 is 37.6 Å². The van der Waals surface area contributed by atoms with Gasteiger partial charge in [-0.2, -0.15) is 0 Å². The molecule has 9 N–H and O–H groups in total. The van der Waals surface area contributed by atoms with Crippen LogP contribution in [0.3, 0.4) is 0 Å². The van der Waals surface area contributed by atoms with E-state index < -0.39 is 73.1 Å². The predicted octanol–water partition coefficient (Wildman–Crippen LogP) is -4.15. The van der Waals surface area contributed by atoms with Crippen molar-refractivity contribution in [2.24, 2.45) is 11.5 Å². The van der Waals surface area contributed by atoms with E-state index >= 15 is 0 Å². The first kappa shape index (κ1) is 22.8. The normalized spacial score (nSPS) is 13.6. The molecule has 0 aromatic heterocycles. The van der Waals surface area contributed by atoms with Gasteiger partial charge in [-0.1, -0.05) is 0 Å². The van der Waals surface area contributed by atoms with Gasteiger partial charge in [0.1, 0.15) is 12.1 Å². The maximum atomic E-state index is 12.0. The summed E-state index contributed by atoms with van der Waals surface area (Å²) < 4.78 is 0. The second-order valence-corrected chi connectivity index (χ2v) is 5.28. The van der Waals surface area contributed by atoms with Crippen molar-refractivity contribution in [2.75, 3.05) is 6.54 Å². The highest BCUT2D eigenvalue weighted by Gasteiger charge is 2.26. The monoisotopic (exact) mass is 375 g/mol. The lowest BCUT2D eigenvalue weighted by molar-refractivity contribution is -0.141. The van der Waals surface area contributed by atoms with Crippen LogP contribution in [-0.4, -0.2) is 70.5 Å². The molecule has 0 radical (unpaired) electrons. The maximum absolute atomic E-state index is 12.0. The highest BCUT2D eigenvalue weighted by Crippen LogP contribution is 1.96. The number of primary amides is 1. The topological polar surface area (TPSA) is 231 Å². The minimum atomic E-state index is -1.48. The van der Waals surface area contributed by atoms with Crippen molar-refractivity contribution in [1.82, 2.24) is 16.0 Å². The van der Waals surface area contributed by atoms with E-state index in [-0.39, 0.29) is 0 Å². The fourth-order valence-corrected chi connectivity index (χ4v) is 1.61. The molecule has 0 saturated carbocycles. The number of carbonyl (C=O) groups excluding carboxylic acids is 4. The van der Waals surface area contributed by atoms with Crippen LogP contribution in [0.15, 0.2) is 0 Å². The van der Waals surface area contributed by atoms with Crippen molar-refractivity contribution in [1.29, 1.82) is 0 Å². The Morgan fingerprint density at radius 1 is 0.962 bits per heavy atom. The van der Waals surface area contributed by atoms with Crippen LogP contribution < -0.4 is 27.4 Å². The molecule has 0 saturated heterocycles.